The Bertz CT molecular complexity index is 819. The van der Waals surface area contributed by atoms with Crippen LogP contribution in [0.25, 0.3) is 0 Å². The zero-order valence-electron chi connectivity index (χ0n) is 12.5. The van der Waals surface area contributed by atoms with E-state index in [1.54, 1.807) is 6.92 Å². The van der Waals surface area contributed by atoms with Crippen LogP contribution in [0.1, 0.15) is 21.9 Å². The fourth-order valence-corrected chi connectivity index (χ4v) is 2.28. The summed E-state index contributed by atoms with van der Waals surface area (Å²) in [5.74, 6) is 0.264. The number of nitro groups is 1. The number of hydrogen-bond acceptors (Lipinski definition) is 6. The molecule has 23 heavy (non-hydrogen) atoms. The molecule has 0 saturated heterocycles. The number of thioether (sulfide) groups is 1. The van der Waals surface area contributed by atoms with Crippen LogP contribution in [0.3, 0.4) is 0 Å². The van der Waals surface area contributed by atoms with E-state index in [0.717, 1.165) is 6.07 Å². The van der Waals surface area contributed by atoms with Gasteiger partial charge in [-0.3, -0.25) is 19.7 Å². The number of nitrogens with one attached hydrogen (secondary N) is 2. The lowest BCUT2D eigenvalue weighted by atomic mass is 10.1. The first-order valence-electron chi connectivity index (χ1n) is 6.56. The summed E-state index contributed by atoms with van der Waals surface area (Å²) in [6.45, 7) is 1.71. The number of nitro benzene ring substituents is 1. The SMILES string of the molecule is CSCc1nc(C(=O)Nc2cc([N+](=O)[O-])ccc2C)cc(=O)[nH]1. The molecular weight excluding hydrogens is 320 g/mol. The Morgan fingerprint density at radius 1 is 1.43 bits per heavy atom. The van der Waals surface area contributed by atoms with E-state index >= 15 is 0 Å². The maximum atomic E-state index is 12.3. The molecule has 0 aliphatic carbocycles. The molecule has 1 amide bonds. The lowest BCUT2D eigenvalue weighted by Crippen LogP contribution is -2.20. The molecule has 120 valence electrons. The molecule has 0 aliphatic rings. The molecule has 0 unspecified atom stereocenters. The number of nitrogens with zero attached hydrogens (tertiary/aromatic N) is 2. The van der Waals surface area contributed by atoms with Crippen LogP contribution in [0.2, 0.25) is 0 Å². The number of amides is 1. The maximum absolute atomic E-state index is 12.3. The van der Waals surface area contributed by atoms with E-state index in [9.17, 15) is 19.7 Å². The monoisotopic (exact) mass is 334 g/mol. The Hall–Kier alpha value is -2.68. The highest BCUT2D eigenvalue weighted by atomic mass is 32.2. The Morgan fingerprint density at radius 3 is 2.83 bits per heavy atom. The van der Waals surface area contributed by atoms with Gasteiger partial charge in [0, 0.05) is 18.2 Å². The summed E-state index contributed by atoms with van der Waals surface area (Å²) in [5, 5.41) is 13.4. The minimum absolute atomic E-state index is 0.0382. The van der Waals surface area contributed by atoms with Crippen LogP contribution in [-0.4, -0.2) is 27.1 Å². The van der Waals surface area contributed by atoms with E-state index in [1.165, 1.54) is 30.0 Å². The molecule has 0 saturated carbocycles. The van der Waals surface area contributed by atoms with Crippen molar-refractivity contribution in [2.45, 2.75) is 12.7 Å². The summed E-state index contributed by atoms with van der Waals surface area (Å²) < 4.78 is 0. The molecule has 8 nitrogen and oxygen atoms in total. The van der Waals surface area contributed by atoms with E-state index in [0.29, 0.717) is 22.8 Å². The van der Waals surface area contributed by atoms with Crippen LogP contribution >= 0.6 is 11.8 Å². The molecule has 1 aromatic heterocycles. The van der Waals surface area contributed by atoms with Crippen molar-refractivity contribution in [1.29, 1.82) is 0 Å². The topological polar surface area (TPSA) is 118 Å². The van der Waals surface area contributed by atoms with Crippen molar-refractivity contribution in [2.24, 2.45) is 0 Å². The van der Waals surface area contributed by atoms with Crippen LogP contribution < -0.4 is 10.9 Å². The highest BCUT2D eigenvalue weighted by molar-refractivity contribution is 7.97. The molecule has 1 aromatic carbocycles. The van der Waals surface area contributed by atoms with Crippen molar-refractivity contribution in [3.63, 3.8) is 0 Å². The van der Waals surface area contributed by atoms with Crippen LogP contribution in [-0.2, 0) is 5.75 Å². The van der Waals surface area contributed by atoms with E-state index in [4.69, 9.17) is 0 Å². The van der Waals surface area contributed by atoms with Crippen LogP contribution in [0.15, 0.2) is 29.1 Å². The van der Waals surface area contributed by atoms with Crippen molar-refractivity contribution in [3.05, 3.63) is 61.8 Å². The summed E-state index contributed by atoms with van der Waals surface area (Å²) in [7, 11) is 0. The third kappa shape index (κ3) is 4.16. The number of benzene rings is 1. The number of rotatable bonds is 5. The molecule has 0 fully saturated rings. The number of H-pyrrole nitrogens is 1. The van der Waals surface area contributed by atoms with Crippen molar-refractivity contribution in [3.8, 4) is 0 Å². The second-order valence-corrected chi connectivity index (χ2v) is 5.59. The minimum Gasteiger partial charge on any atom is -0.320 e. The standard InChI is InChI=1S/C14H14N4O4S/c1-8-3-4-9(18(21)22)5-10(8)16-14(20)11-6-13(19)17-12(15-11)7-23-2/h3-6H,7H2,1-2H3,(H,16,20)(H,15,17,19). The van der Waals surface area contributed by atoms with Gasteiger partial charge in [-0.15, -0.1) is 0 Å². The zero-order chi connectivity index (χ0) is 17.0. The van der Waals surface area contributed by atoms with Crippen molar-refractivity contribution in [1.82, 2.24) is 9.97 Å². The number of anilines is 1. The Kier molecular flexibility index (Phi) is 5.12. The molecular formula is C14H14N4O4S. The largest absolute Gasteiger partial charge is 0.320 e. The lowest BCUT2D eigenvalue weighted by molar-refractivity contribution is -0.384. The normalized spacial score (nSPS) is 10.3. The minimum atomic E-state index is -0.595. The number of hydrogen-bond donors (Lipinski definition) is 2. The van der Waals surface area contributed by atoms with E-state index in [1.807, 2.05) is 6.26 Å². The average molecular weight is 334 g/mol. The second kappa shape index (κ2) is 7.05. The Balaban J connectivity index is 2.30. The quantitative estimate of drug-likeness (QED) is 0.638. The van der Waals surface area contributed by atoms with Gasteiger partial charge in [0.25, 0.3) is 17.2 Å². The van der Waals surface area contributed by atoms with Gasteiger partial charge in [-0.05, 0) is 18.7 Å². The lowest BCUT2D eigenvalue weighted by Gasteiger charge is -2.08. The third-order valence-corrected chi connectivity index (χ3v) is 3.55. The van der Waals surface area contributed by atoms with Crippen molar-refractivity contribution >= 4 is 29.0 Å². The second-order valence-electron chi connectivity index (χ2n) is 4.72. The predicted molar refractivity (Wildman–Crippen MR) is 87.9 cm³/mol. The van der Waals surface area contributed by atoms with Gasteiger partial charge >= 0.3 is 0 Å². The number of aromatic nitrogens is 2. The zero-order valence-corrected chi connectivity index (χ0v) is 13.3. The molecule has 0 radical (unpaired) electrons. The first-order chi connectivity index (χ1) is 10.9. The molecule has 0 aliphatic heterocycles. The fraction of sp³-hybridized carbons (Fsp3) is 0.214. The summed E-state index contributed by atoms with van der Waals surface area (Å²) in [4.78, 5) is 40.7. The summed E-state index contributed by atoms with van der Waals surface area (Å²) in [5.41, 5.74) is 0.373. The van der Waals surface area contributed by atoms with Crippen LogP contribution in [0, 0.1) is 17.0 Å². The number of carbonyl (C=O) groups is 1. The predicted octanol–water partition coefficient (Wildman–Crippen LogP) is 2.10. The van der Waals surface area contributed by atoms with E-state index < -0.39 is 16.4 Å². The van der Waals surface area contributed by atoms with Crippen LogP contribution in [0.4, 0.5) is 11.4 Å². The maximum Gasteiger partial charge on any atom is 0.274 e. The van der Waals surface area contributed by atoms with Gasteiger partial charge in [-0.2, -0.15) is 11.8 Å². The van der Waals surface area contributed by atoms with Gasteiger partial charge in [-0.1, -0.05) is 6.07 Å². The Labute approximate surface area is 135 Å². The first kappa shape index (κ1) is 16.7. The molecule has 2 N–H and O–H groups in total. The fourth-order valence-electron chi connectivity index (χ4n) is 1.87. The molecule has 0 atom stereocenters. The molecule has 1 heterocycles. The number of aromatic amines is 1. The van der Waals surface area contributed by atoms with Gasteiger partial charge in [0.15, 0.2) is 0 Å². The van der Waals surface area contributed by atoms with E-state index in [2.05, 4.69) is 15.3 Å². The molecule has 0 spiro atoms. The number of non-ortho nitro benzene ring substituents is 1. The molecule has 2 aromatic rings. The smallest absolute Gasteiger partial charge is 0.274 e. The summed E-state index contributed by atoms with van der Waals surface area (Å²) in [6.07, 6.45) is 1.85. The molecule has 0 bridgehead atoms. The van der Waals surface area contributed by atoms with Gasteiger partial charge in [-0.25, -0.2) is 4.98 Å². The third-order valence-electron chi connectivity index (χ3n) is 2.98. The molecule has 9 heteroatoms. The number of carbonyl (C=O) groups excluding carboxylic acids is 1. The highest BCUT2D eigenvalue weighted by Crippen LogP contribution is 2.22. The van der Waals surface area contributed by atoms with E-state index in [-0.39, 0.29) is 11.4 Å². The average Bonchev–Trinajstić information content (AvgIpc) is 2.49. The van der Waals surface area contributed by atoms with Gasteiger partial charge in [0.1, 0.15) is 11.5 Å². The van der Waals surface area contributed by atoms with Gasteiger partial charge < -0.3 is 10.3 Å². The first-order valence-corrected chi connectivity index (χ1v) is 7.95. The van der Waals surface area contributed by atoms with Crippen LogP contribution in [0.5, 0.6) is 0 Å². The Morgan fingerprint density at radius 2 is 2.17 bits per heavy atom. The van der Waals surface area contributed by atoms with Crippen molar-refractivity contribution < 1.29 is 9.72 Å². The van der Waals surface area contributed by atoms with Gasteiger partial charge in [0.05, 0.1) is 16.4 Å². The highest BCUT2D eigenvalue weighted by Gasteiger charge is 2.14. The van der Waals surface area contributed by atoms with Gasteiger partial charge in [0.2, 0.25) is 0 Å². The van der Waals surface area contributed by atoms with Crippen molar-refractivity contribution in [2.75, 3.05) is 11.6 Å². The molecule has 2 rings (SSSR count). The summed E-state index contributed by atoms with van der Waals surface area (Å²) >= 11 is 1.46. The summed E-state index contributed by atoms with van der Waals surface area (Å²) in [6, 6.07) is 5.25. The number of aryl methyl sites for hydroxylation is 1.